The minimum absolute atomic E-state index is 0.0583. The highest BCUT2D eigenvalue weighted by molar-refractivity contribution is 5.92. The van der Waals surface area contributed by atoms with Gasteiger partial charge in [-0.3, -0.25) is 4.79 Å². The summed E-state index contributed by atoms with van der Waals surface area (Å²) in [5.74, 6) is 0.134. The lowest BCUT2D eigenvalue weighted by molar-refractivity contribution is 0.0658. The molecule has 0 unspecified atom stereocenters. The van der Waals surface area contributed by atoms with Crippen molar-refractivity contribution in [1.82, 2.24) is 19.8 Å². The predicted octanol–water partition coefficient (Wildman–Crippen LogP) is 1.66. The summed E-state index contributed by atoms with van der Waals surface area (Å²) >= 11 is 0. The Hall–Kier alpha value is -2.54. The molecule has 1 N–H and O–H groups in total. The van der Waals surface area contributed by atoms with Crippen LogP contribution in [-0.2, 0) is 6.42 Å². The largest absolute Gasteiger partial charge is 0.354 e. The van der Waals surface area contributed by atoms with E-state index in [1.54, 1.807) is 24.4 Å². The predicted molar refractivity (Wildman–Crippen MR) is 94.0 cm³/mol. The van der Waals surface area contributed by atoms with Crippen molar-refractivity contribution in [3.05, 3.63) is 53.6 Å². The third-order valence-electron chi connectivity index (χ3n) is 4.28. The first-order valence-corrected chi connectivity index (χ1v) is 8.41. The van der Waals surface area contributed by atoms with Gasteiger partial charge in [-0.05, 0) is 37.2 Å². The third kappa shape index (κ3) is 4.73. The van der Waals surface area contributed by atoms with Crippen LogP contribution in [-0.4, -0.2) is 65.4 Å². The summed E-state index contributed by atoms with van der Waals surface area (Å²) in [6.45, 7) is 3.79. The molecule has 7 heteroatoms. The van der Waals surface area contributed by atoms with Crippen molar-refractivity contribution in [3.63, 3.8) is 0 Å². The van der Waals surface area contributed by atoms with Crippen LogP contribution < -0.4 is 5.32 Å². The number of carbonyl (C=O) groups is 1. The molecule has 0 bridgehead atoms. The van der Waals surface area contributed by atoms with Crippen LogP contribution in [0.4, 0.5) is 10.3 Å². The van der Waals surface area contributed by atoms with E-state index in [2.05, 4.69) is 27.2 Å². The molecular formula is C18H22FN5O. The molecule has 2 aromatic rings. The molecule has 132 valence electrons. The zero-order chi connectivity index (χ0) is 17.6. The molecule has 1 saturated heterocycles. The maximum absolute atomic E-state index is 12.9. The molecule has 0 aliphatic carbocycles. The van der Waals surface area contributed by atoms with Gasteiger partial charge in [0, 0.05) is 38.9 Å². The smallest absolute Gasteiger partial charge is 0.272 e. The average molecular weight is 343 g/mol. The van der Waals surface area contributed by atoms with Gasteiger partial charge in [-0.15, -0.1) is 0 Å². The van der Waals surface area contributed by atoms with Crippen molar-refractivity contribution in [2.24, 2.45) is 0 Å². The van der Waals surface area contributed by atoms with E-state index in [-0.39, 0.29) is 11.7 Å². The average Bonchev–Trinajstić information content (AvgIpc) is 2.64. The van der Waals surface area contributed by atoms with Crippen molar-refractivity contribution in [1.29, 1.82) is 0 Å². The fourth-order valence-electron chi connectivity index (χ4n) is 2.70. The minimum atomic E-state index is -0.241. The first-order valence-electron chi connectivity index (χ1n) is 8.41. The zero-order valence-electron chi connectivity index (χ0n) is 14.3. The van der Waals surface area contributed by atoms with Crippen LogP contribution >= 0.6 is 0 Å². The summed E-state index contributed by atoms with van der Waals surface area (Å²) in [5.41, 5.74) is 1.43. The Kier molecular flexibility index (Phi) is 5.55. The Labute approximate surface area is 146 Å². The second kappa shape index (κ2) is 8.02. The quantitative estimate of drug-likeness (QED) is 0.895. The van der Waals surface area contributed by atoms with E-state index < -0.39 is 0 Å². The van der Waals surface area contributed by atoms with Crippen molar-refractivity contribution in [3.8, 4) is 0 Å². The topological polar surface area (TPSA) is 61.4 Å². The highest BCUT2D eigenvalue weighted by Crippen LogP contribution is 2.08. The van der Waals surface area contributed by atoms with Crippen LogP contribution in [0, 0.1) is 5.82 Å². The van der Waals surface area contributed by atoms with E-state index in [1.807, 2.05) is 4.90 Å². The number of nitrogens with zero attached hydrogens (tertiary/aromatic N) is 4. The fourth-order valence-corrected chi connectivity index (χ4v) is 2.70. The Balaban J connectivity index is 1.55. The van der Waals surface area contributed by atoms with Gasteiger partial charge in [0.2, 0.25) is 5.95 Å². The van der Waals surface area contributed by atoms with Gasteiger partial charge in [0.05, 0.1) is 0 Å². The SMILES string of the molecule is CN1CCN(C(=O)c2ccnc(NCCc3ccc(F)cc3)n2)CC1. The van der Waals surface area contributed by atoms with Crippen molar-refractivity contribution < 1.29 is 9.18 Å². The second-order valence-corrected chi connectivity index (χ2v) is 6.16. The van der Waals surface area contributed by atoms with Crippen LogP contribution in [0.25, 0.3) is 0 Å². The maximum atomic E-state index is 12.9. The molecule has 0 atom stereocenters. The van der Waals surface area contributed by atoms with Crippen LogP contribution in [0.2, 0.25) is 0 Å². The summed E-state index contributed by atoms with van der Waals surface area (Å²) < 4.78 is 12.9. The number of hydrogen-bond donors (Lipinski definition) is 1. The Bertz CT molecular complexity index is 714. The van der Waals surface area contributed by atoms with Crippen LogP contribution in [0.1, 0.15) is 16.1 Å². The number of amides is 1. The third-order valence-corrected chi connectivity index (χ3v) is 4.28. The molecule has 1 amide bonds. The fraction of sp³-hybridized carbons (Fsp3) is 0.389. The van der Waals surface area contributed by atoms with Crippen molar-refractivity contribution >= 4 is 11.9 Å². The monoisotopic (exact) mass is 343 g/mol. The number of halogens is 1. The van der Waals surface area contributed by atoms with Crippen LogP contribution in [0.5, 0.6) is 0 Å². The molecule has 25 heavy (non-hydrogen) atoms. The molecule has 3 rings (SSSR count). The molecule has 1 aromatic heterocycles. The van der Waals surface area contributed by atoms with Gasteiger partial charge in [0.25, 0.3) is 5.91 Å². The van der Waals surface area contributed by atoms with Gasteiger partial charge < -0.3 is 15.1 Å². The number of aromatic nitrogens is 2. The first kappa shape index (κ1) is 17.3. The van der Waals surface area contributed by atoms with Crippen molar-refractivity contribution in [2.75, 3.05) is 45.1 Å². The number of rotatable bonds is 5. The lowest BCUT2D eigenvalue weighted by atomic mass is 10.1. The Morgan fingerprint density at radius 2 is 1.88 bits per heavy atom. The number of nitrogens with one attached hydrogen (secondary N) is 1. The standard InChI is InChI=1S/C18H22FN5O/c1-23-10-12-24(13-11-23)17(25)16-7-9-21-18(22-16)20-8-6-14-2-4-15(19)5-3-14/h2-5,7,9H,6,8,10-13H2,1H3,(H,20,21,22). The van der Waals surface area contributed by atoms with E-state index in [0.717, 1.165) is 25.1 Å². The molecule has 0 saturated carbocycles. The lowest BCUT2D eigenvalue weighted by Crippen LogP contribution is -2.47. The summed E-state index contributed by atoms with van der Waals surface area (Å²) in [6, 6.07) is 8.05. The molecule has 0 radical (unpaired) electrons. The number of piperazine rings is 1. The molecular weight excluding hydrogens is 321 g/mol. The Morgan fingerprint density at radius 1 is 1.16 bits per heavy atom. The number of likely N-dealkylation sites (N-methyl/N-ethyl adjacent to an activating group) is 1. The summed E-state index contributed by atoms with van der Waals surface area (Å²) in [7, 11) is 2.05. The molecule has 2 heterocycles. The van der Waals surface area contributed by atoms with Gasteiger partial charge in [0.1, 0.15) is 11.5 Å². The van der Waals surface area contributed by atoms with E-state index in [0.29, 0.717) is 31.3 Å². The highest BCUT2D eigenvalue weighted by atomic mass is 19.1. The molecule has 1 fully saturated rings. The van der Waals surface area contributed by atoms with Gasteiger partial charge in [-0.25, -0.2) is 14.4 Å². The van der Waals surface area contributed by atoms with Crippen LogP contribution in [0.3, 0.4) is 0 Å². The summed E-state index contributed by atoms with van der Waals surface area (Å²) in [4.78, 5) is 25.1. The van der Waals surface area contributed by atoms with E-state index in [4.69, 9.17) is 0 Å². The summed E-state index contributed by atoms with van der Waals surface area (Å²) in [5, 5.41) is 3.12. The number of carbonyl (C=O) groups excluding carboxylic acids is 1. The van der Waals surface area contributed by atoms with E-state index >= 15 is 0 Å². The molecule has 1 aliphatic heterocycles. The Morgan fingerprint density at radius 3 is 2.60 bits per heavy atom. The van der Waals surface area contributed by atoms with Crippen LogP contribution in [0.15, 0.2) is 36.5 Å². The molecule has 1 aliphatic rings. The highest BCUT2D eigenvalue weighted by Gasteiger charge is 2.21. The number of hydrogen-bond acceptors (Lipinski definition) is 5. The van der Waals surface area contributed by atoms with E-state index in [1.165, 1.54) is 12.1 Å². The van der Waals surface area contributed by atoms with Gasteiger partial charge in [0.15, 0.2) is 0 Å². The zero-order valence-corrected chi connectivity index (χ0v) is 14.3. The molecule has 1 aromatic carbocycles. The molecule has 6 nitrogen and oxygen atoms in total. The summed E-state index contributed by atoms with van der Waals surface area (Å²) in [6.07, 6.45) is 2.32. The lowest BCUT2D eigenvalue weighted by Gasteiger charge is -2.32. The minimum Gasteiger partial charge on any atom is -0.354 e. The van der Waals surface area contributed by atoms with Crippen molar-refractivity contribution in [2.45, 2.75) is 6.42 Å². The maximum Gasteiger partial charge on any atom is 0.272 e. The normalized spacial score (nSPS) is 15.2. The van der Waals surface area contributed by atoms with Gasteiger partial charge in [-0.2, -0.15) is 0 Å². The van der Waals surface area contributed by atoms with Gasteiger partial charge >= 0.3 is 0 Å². The number of anilines is 1. The van der Waals surface area contributed by atoms with Gasteiger partial charge in [-0.1, -0.05) is 12.1 Å². The second-order valence-electron chi connectivity index (χ2n) is 6.16. The number of benzene rings is 1. The molecule has 0 spiro atoms. The van der Waals surface area contributed by atoms with E-state index in [9.17, 15) is 9.18 Å². The first-order chi connectivity index (χ1) is 12.1.